The van der Waals surface area contributed by atoms with Crippen LogP contribution in [0.3, 0.4) is 0 Å². The zero-order valence-corrected chi connectivity index (χ0v) is 11.0. The van der Waals surface area contributed by atoms with Crippen LogP contribution in [0, 0.1) is 0 Å². The molecule has 0 aliphatic rings. The monoisotopic (exact) mass is 207 g/mol. The standard InChI is InChI=1S/C12H21NSi/c1-13(2)12-8-6-11(7-9-12)10-14(3,4)5/h6-9H,10H2,1-5H3. The van der Waals surface area contributed by atoms with Crippen LogP contribution in [0.5, 0.6) is 0 Å². The van der Waals surface area contributed by atoms with Crippen LogP contribution in [-0.2, 0) is 6.04 Å². The van der Waals surface area contributed by atoms with Crippen molar-refractivity contribution < 1.29 is 0 Å². The predicted octanol–water partition coefficient (Wildman–Crippen LogP) is 3.17. The van der Waals surface area contributed by atoms with Gasteiger partial charge in [0.1, 0.15) is 0 Å². The van der Waals surface area contributed by atoms with Crippen molar-refractivity contribution >= 4 is 13.8 Å². The minimum Gasteiger partial charge on any atom is -0.378 e. The molecular formula is C12H21NSi. The molecule has 0 atom stereocenters. The molecule has 14 heavy (non-hydrogen) atoms. The van der Waals surface area contributed by atoms with Gasteiger partial charge in [-0.2, -0.15) is 0 Å². The van der Waals surface area contributed by atoms with Crippen LogP contribution in [0.25, 0.3) is 0 Å². The van der Waals surface area contributed by atoms with Crippen LogP contribution >= 0.6 is 0 Å². The maximum Gasteiger partial charge on any atom is 0.0487 e. The maximum absolute atomic E-state index is 2.41. The quantitative estimate of drug-likeness (QED) is 0.688. The first kappa shape index (κ1) is 11.3. The summed E-state index contributed by atoms with van der Waals surface area (Å²) in [5, 5.41) is 0. The van der Waals surface area contributed by atoms with Gasteiger partial charge >= 0.3 is 0 Å². The van der Waals surface area contributed by atoms with E-state index in [0.717, 1.165) is 0 Å². The van der Waals surface area contributed by atoms with Crippen molar-refractivity contribution in [3.8, 4) is 0 Å². The summed E-state index contributed by atoms with van der Waals surface area (Å²) >= 11 is 0. The van der Waals surface area contributed by atoms with Gasteiger partial charge in [-0.3, -0.25) is 0 Å². The van der Waals surface area contributed by atoms with Gasteiger partial charge in [0.25, 0.3) is 0 Å². The molecule has 0 aromatic heterocycles. The van der Waals surface area contributed by atoms with E-state index in [2.05, 4.69) is 62.9 Å². The molecule has 0 heterocycles. The normalized spacial score (nSPS) is 11.5. The second-order valence-corrected chi connectivity index (χ2v) is 10.8. The zero-order valence-electron chi connectivity index (χ0n) is 9.96. The van der Waals surface area contributed by atoms with Gasteiger partial charge < -0.3 is 4.90 Å². The Morgan fingerprint density at radius 3 is 1.86 bits per heavy atom. The van der Waals surface area contributed by atoms with E-state index in [0.29, 0.717) is 0 Å². The van der Waals surface area contributed by atoms with Gasteiger partial charge in [0.05, 0.1) is 0 Å². The molecule has 0 aliphatic heterocycles. The smallest absolute Gasteiger partial charge is 0.0487 e. The molecule has 0 aliphatic carbocycles. The Balaban J connectivity index is 2.74. The number of nitrogens with zero attached hydrogens (tertiary/aromatic N) is 1. The van der Waals surface area contributed by atoms with Crippen molar-refractivity contribution in [1.82, 2.24) is 0 Å². The molecule has 1 aromatic carbocycles. The second kappa shape index (κ2) is 4.18. The molecular weight excluding hydrogens is 186 g/mol. The fourth-order valence-corrected chi connectivity index (χ4v) is 2.98. The topological polar surface area (TPSA) is 3.24 Å². The highest BCUT2D eigenvalue weighted by Crippen LogP contribution is 2.16. The first-order valence-corrected chi connectivity index (χ1v) is 8.85. The third kappa shape index (κ3) is 3.54. The van der Waals surface area contributed by atoms with Crippen molar-refractivity contribution in [2.45, 2.75) is 25.7 Å². The summed E-state index contributed by atoms with van der Waals surface area (Å²) in [4.78, 5) is 2.14. The highest BCUT2D eigenvalue weighted by atomic mass is 28.3. The van der Waals surface area contributed by atoms with E-state index in [4.69, 9.17) is 0 Å². The van der Waals surface area contributed by atoms with Crippen LogP contribution in [0.4, 0.5) is 5.69 Å². The zero-order chi connectivity index (χ0) is 10.8. The molecule has 0 radical (unpaired) electrons. The highest BCUT2D eigenvalue weighted by molar-refractivity contribution is 6.75. The third-order valence-electron chi connectivity index (χ3n) is 2.19. The van der Waals surface area contributed by atoms with Gasteiger partial charge in [-0.05, 0) is 18.2 Å². The molecule has 0 amide bonds. The van der Waals surface area contributed by atoms with E-state index >= 15 is 0 Å². The van der Waals surface area contributed by atoms with E-state index in [9.17, 15) is 0 Å². The van der Waals surface area contributed by atoms with Crippen LogP contribution in [0.1, 0.15) is 5.56 Å². The van der Waals surface area contributed by atoms with E-state index < -0.39 is 8.07 Å². The van der Waals surface area contributed by atoms with Gasteiger partial charge in [0.15, 0.2) is 0 Å². The lowest BCUT2D eigenvalue weighted by molar-refractivity contribution is 1.13. The highest BCUT2D eigenvalue weighted by Gasteiger charge is 2.13. The van der Waals surface area contributed by atoms with Crippen molar-refractivity contribution in [2.24, 2.45) is 0 Å². The fourth-order valence-electron chi connectivity index (χ4n) is 1.52. The molecule has 0 N–H and O–H groups in total. The van der Waals surface area contributed by atoms with Gasteiger partial charge in [-0.25, -0.2) is 0 Å². The molecule has 0 fully saturated rings. The number of rotatable bonds is 3. The summed E-state index contributed by atoms with van der Waals surface area (Å²) in [6, 6.07) is 10.2. The molecule has 0 unspecified atom stereocenters. The largest absolute Gasteiger partial charge is 0.378 e. The molecule has 0 saturated carbocycles. The summed E-state index contributed by atoms with van der Waals surface area (Å²) in [6.45, 7) is 7.23. The van der Waals surface area contributed by atoms with Crippen molar-refractivity contribution in [1.29, 1.82) is 0 Å². The minimum atomic E-state index is -0.956. The molecule has 1 aromatic rings. The summed E-state index contributed by atoms with van der Waals surface area (Å²) in [7, 11) is 3.20. The summed E-state index contributed by atoms with van der Waals surface area (Å²) in [5.74, 6) is 0. The van der Waals surface area contributed by atoms with Crippen molar-refractivity contribution in [2.75, 3.05) is 19.0 Å². The molecule has 78 valence electrons. The Morgan fingerprint density at radius 2 is 1.50 bits per heavy atom. The lowest BCUT2D eigenvalue weighted by atomic mass is 10.2. The average molecular weight is 207 g/mol. The average Bonchev–Trinajstić information content (AvgIpc) is 2.02. The molecule has 0 bridgehead atoms. The predicted molar refractivity (Wildman–Crippen MR) is 67.8 cm³/mol. The van der Waals surface area contributed by atoms with Gasteiger partial charge in [0.2, 0.25) is 0 Å². The lowest BCUT2D eigenvalue weighted by Gasteiger charge is -2.17. The first-order valence-electron chi connectivity index (χ1n) is 5.15. The van der Waals surface area contributed by atoms with Crippen LogP contribution in [0.15, 0.2) is 24.3 Å². The number of benzene rings is 1. The Labute approximate surface area is 88.8 Å². The number of hydrogen-bond acceptors (Lipinski definition) is 1. The van der Waals surface area contributed by atoms with Crippen molar-refractivity contribution in [3.05, 3.63) is 29.8 Å². The Bertz CT molecular complexity index is 282. The third-order valence-corrected chi connectivity index (χ3v) is 3.66. The Kier molecular flexibility index (Phi) is 3.37. The molecule has 2 heteroatoms. The Hall–Kier alpha value is -0.763. The molecule has 1 rings (SSSR count). The summed E-state index contributed by atoms with van der Waals surface area (Å²) < 4.78 is 0. The maximum atomic E-state index is 2.41. The summed E-state index contributed by atoms with van der Waals surface area (Å²) in [5.41, 5.74) is 2.76. The second-order valence-electron chi connectivity index (χ2n) is 5.30. The molecule has 1 nitrogen and oxygen atoms in total. The fraction of sp³-hybridized carbons (Fsp3) is 0.500. The SMILES string of the molecule is CN(C)c1ccc(C[Si](C)(C)C)cc1. The van der Waals surface area contributed by atoms with Gasteiger partial charge in [-0.15, -0.1) is 0 Å². The molecule has 0 saturated heterocycles. The van der Waals surface area contributed by atoms with E-state index in [1.165, 1.54) is 17.3 Å². The van der Waals surface area contributed by atoms with Gasteiger partial charge in [0, 0.05) is 27.9 Å². The van der Waals surface area contributed by atoms with Gasteiger partial charge in [-0.1, -0.05) is 37.3 Å². The lowest BCUT2D eigenvalue weighted by Crippen LogP contribution is -2.23. The van der Waals surface area contributed by atoms with Crippen LogP contribution in [0.2, 0.25) is 19.6 Å². The van der Waals surface area contributed by atoms with Crippen LogP contribution in [-0.4, -0.2) is 22.2 Å². The molecule has 0 spiro atoms. The van der Waals surface area contributed by atoms with E-state index in [1.54, 1.807) is 0 Å². The number of hydrogen-bond donors (Lipinski definition) is 0. The first-order chi connectivity index (χ1) is 6.38. The minimum absolute atomic E-state index is 0.956. The summed E-state index contributed by atoms with van der Waals surface area (Å²) in [6.07, 6.45) is 0. The van der Waals surface area contributed by atoms with E-state index in [1.807, 2.05) is 0 Å². The van der Waals surface area contributed by atoms with Crippen LogP contribution < -0.4 is 4.90 Å². The Morgan fingerprint density at radius 1 is 1.00 bits per heavy atom. The number of anilines is 1. The van der Waals surface area contributed by atoms with E-state index in [-0.39, 0.29) is 0 Å². The van der Waals surface area contributed by atoms with Crippen molar-refractivity contribution in [3.63, 3.8) is 0 Å².